The van der Waals surface area contributed by atoms with Crippen molar-refractivity contribution in [3.05, 3.63) is 35.6 Å². The van der Waals surface area contributed by atoms with Gasteiger partial charge in [-0.25, -0.2) is 9.18 Å². The summed E-state index contributed by atoms with van der Waals surface area (Å²) in [7, 11) is 0. The quantitative estimate of drug-likeness (QED) is 0.851. The summed E-state index contributed by atoms with van der Waals surface area (Å²) in [5.74, 6) is 0.219. The lowest BCUT2D eigenvalue weighted by atomic mass is 10.1. The minimum absolute atomic E-state index is 0.0258. The predicted molar refractivity (Wildman–Crippen MR) is 82.0 cm³/mol. The SMILES string of the molecule is O=C(C1CC1)N1CCN2C(=O)N(Cc3ccc(F)cc3)CC2C1. The van der Waals surface area contributed by atoms with Gasteiger partial charge in [0.15, 0.2) is 0 Å². The van der Waals surface area contributed by atoms with E-state index in [0.717, 1.165) is 18.4 Å². The van der Waals surface area contributed by atoms with E-state index in [9.17, 15) is 14.0 Å². The molecule has 2 heterocycles. The highest BCUT2D eigenvalue weighted by atomic mass is 19.1. The van der Waals surface area contributed by atoms with Gasteiger partial charge in [0.25, 0.3) is 0 Å². The highest BCUT2D eigenvalue weighted by Crippen LogP contribution is 2.32. The molecule has 23 heavy (non-hydrogen) atoms. The molecule has 1 saturated carbocycles. The number of hydrogen-bond donors (Lipinski definition) is 0. The number of urea groups is 1. The van der Waals surface area contributed by atoms with E-state index in [2.05, 4.69) is 0 Å². The number of benzene rings is 1. The van der Waals surface area contributed by atoms with Gasteiger partial charge < -0.3 is 14.7 Å². The van der Waals surface area contributed by atoms with Gasteiger partial charge in [0.1, 0.15) is 5.82 Å². The average molecular weight is 317 g/mol. The van der Waals surface area contributed by atoms with Crippen molar-refractivity contribution in [2.24, 2.45) is 5.92 Å². The van der Waals surface area contributed by atoms with E-state index in [4.69, 9.17) is 0 Å². The van der Waals surface area contributed by atoms with Crippen molar-refractivity contribution in [3.63, 3.8) is 0 Å². The highest BCUT2D eigenvalue weighted by Gasteiger charge is 2.43. The monoisotopic (exact) mass is 317 g/mol. The van der Waals surface area contributed by atoms with E-state index >= 15 is 0 Å². The van der Waals surface area contributed by atoms with Crippen LogP contribution in [0.15, 0.2) is 24.3 Å². The molecule has 6 heteroatoms. The van der Waals surface area contributed by atoms with Crippen LogP contribution in [-0.2, 0) is 11.3 Å². The molecule has 4 rings (SSSR count). The first-order valence-corrected chi connectivity index (χ1v) is 8.20. The number of carbonyl (C=O) groups excluding carboxylic acids is 2. The van der Waals surface area contributed by atoms with Crippen molar-refractivity contribution >= 4 is 11.9 Å². The summed E-state index contributed by atoms with van der Waals surface area (Å²) in [5, 5.41) is 0. The van der Waals surface area contributed by atoms with Crippen LogP contribution in [0, 0.1) is 11.7 Å². The van der Waals surface area contributed by atoms with Crippen LogP contribution in [0.3, 0.4) is 0 Å². The van der Waals surface area contributed by atoms with Crippen molar-refractivity contribution in [3.8, 4) is 0 Å². The molecule has 122 valence electrons. The molecule has 3 aliphatic rings. The minimum Gasteiger partial charge on any atom is -0.339 e. The van der Waals surface area contributed by atoms with E-state index in [-0.39, 0.29) is 29.7 Å². The first-order chi connectivity index (χ1) is 11.1. The van der Waals surface area contributed by atoms with Crippen LogP contribution >= 0.6 is 0 Å². The topological polar surface area (TPSA) is 43.9 Å². The van der Waals surface area contributed by atoms with Gasteiger partial charge >= 0.3 is 6.03 Å². The summed E-state index contributed by atoms with van der Waals surface area (Å²) < 4.78 is 13.0. The number of nitrogens with zero attached hydrogens (tertiary/aromatic N) is 3. The molecule has 0 spiro atoms. The summed E-state index contributed by atoms with van der Waals surface area (Å²) >= 11 is 0. The van der Waals surface area contributed by atoms with Crippen molar-refractivity contribution in [1.82, 2.24) is 14.7 Å². The number of fused-ring (bicyclic) bond motifs is 1. The molecule has 1 aromatic rings. The third kappa shape index (κ3) is 2.78. The molecule has 2 aliphatic heterocycles. The molecule has 0 radical (unpaired) electrons. The Morgan fingerprint density at radius 2 is 1.87 bits per heavy atom. The molecule has 0 aromatic heterocycles. The van der Waals surface area contributed by atoms with Crippen LogP contribution in [0.25, 0.3) is 0 Å². The van der Waals surface area contributed by atoms with E-state index in [0.29, 0.717) is 32.7 Å². The molecular formula is C17H20FN3O2. The van der Waals surface area contributed by atoms with E-state index in [1.165, 1.54) is 12.1 Å². The van der Waals surface area contributed by atoms with Crippen LogP contribution < -0.4 is 0 Å². The Morgan fingerprint density at radius 3 is 2.57 bits per heavy atom. The van der Waals surface area contributed by atoms with Crippen LogP contribution in [0.4, 0.5) is 9.18 Å². The van der Waals surface area contributed by atoms with Crippen LogP contribution in [0.5, 0.6) is 0 Å². The maximum Gasteiger partial charge on any atom is 0.320 e. The highest BCUT2D eigenvalue weighted by molar-refractivity contribution is 5.82. The zero-order valence-electron chi connectivity index (χ0n) is 12.9. The van der Waals surface area contributed by atoms with Crippen LogP contribution in [0.2, 0.25) is 0 Å². The first-order valence-electron chi connectivity index (χ1n) is 8.20. The number of carbonyl (C=O) groups is 2. The predicted octanol–water partition coefficient (Wildman–Crippen LogP) is 1.68. The zero-order valence-corrected chi connectivity index (χ0v) is 12.9. The maximum atomic E-state index is 13.0. The fraction of sp³-hybridized carbons (Fsp3) is 0.529. The van der Waals surface area contributed by atoms with E-state index < -0.39 is 0 Å². The zero-order chi connectivity index (χ0) is 16.0. The lowest BCUT2D eigenvalue weighted by molar-refractivity contribution is -0.134. The number of hydrogen-bond acceptors (Lipinski definition) is 2. The van der Waals surface area contributed by atoms with Gasteiger partial charge in [0, 0.05) is 38.6 Å². The summed E-state index contributed by atoms with van der Waals surface area (Å²) in [5.41, 5.74) is 0.922. The Balaban J connectivity index is 1.41. The van der Waals surface area contributed by atoms with Crippen molar-refractivity contribution < 1.29 is 14.0 Å². The van der Waals surface area contributed by atoms with Crippen molar-refractivity contribution in [1.29, 1.82) is 0 Å². The molecule has 0 bridgehead atoms. The Labute approximate surface area is 134 Å². The van der Waals surface area contributed by atoms with E-state index in [1.54, 1.807) is 17.0 Å². The molecule has 0 N–H and O–H groups in total. The molecule has 2 saturated heterocycles. The second-order valence-corrected chi connectivity index (χ2v) is 6.70. The van der Waals surface area contributed by atoms with E-state index in [1.807, 2.05) is 9.80 Å². The molecule has 1 aliphatic carbocycles. The number of rotatable bonds is 3. The number of piperazine rings is 1. The smallest absolute Gasteiger partial charge is 0.320 e. The average Bonchev–Trinajstić information content (AvgIpc) is 3.35. The van der Waals surface area contributed by atoms with Gasteiger partial charge in [0.05, 0.1) is 6.04 Å². The van der Waals surface area contributed by atoms with Crippen LogP contribution in [-0.4, -0.2) is 58.9 Å². The second-order valence-electron chi connectivity index (χ2n) is 6.70. The van der Waals surface area contributed by atoms with Gasteiger partial charge in [0.2, 0.25) is 5.91 Å². The Bertz CT molecular complexity index is 629. The van der Waals surface area contributed by atoms with Crippen molar-refractivity contribution in [2.45, 2.75) is 25.4 Å². The summed E-state index contributed by atoms with van der Waals surface area (Å²) in [6.07, 6.45) is 2.03. The standard InChI is InChI=1S/C17H20FN3O2/c18-14-5-1-12(2-6-14)9-20-11-15-10-19(16(22)13-3-4-13)7-8-21(15)17(20)23/h1-2,5-6,13,15H,3-4,7-11H2. The van der Waals surface area contributed by atoms with Crippen LogP contribution in [0.1, 0.15) is 18.4 Å². The van der Waals surface area contributed by atoms with Gasteiger partial charge in [-0.05, 0) is 30.5 Å². The Hall–Kier alpha value is -2.11. The molecule has 5 nitrogen and oxygen atoms in total. The Kier molecular flexibility index (Phi) is 3.47. The second kappa shape index (κ2) is 5.51. The summed E-state index contributed by atoms with van der Waals surface area (Å²) in [4.78, 5) is 30.3. The lowest BCUT2D eigenvalue weighted by Crippen LogP contribution is -2.54. The third-order valence-electron chi connectivity index (χ3n) is 4.96. The Morgan fingerprint density at radius 1 is 1.13 bits per heavy atom. The first kappa shape index (κ1) is 14.5. The van der Waals surface area contributed by atoms with Gasteiger partial charge in [-0.15, -0.1) is 0 Å². The molecule has 1 atom stereocenters. The fourth-order valence-corrected chi connectivity index (χ4v) is 3.51. The normalized spacial score (nSPS) is 24.1. The lowest BCUT2D eigenvalue weighted by Gasteiger charge is -2.36. The maximum absolute atomic E-state index is 13.0. The van der Waals surface area contributed by atoms with Gasteiger partial charge in [-0.2, -0.15) is 0 Å². The summed E-state index contributed by atoms with van der Waals surface area (Å²) in [6, 6.07) is 6.36. The third-order valence-corrected chi connectivity index (χ3v) is 4.96. The van der Waals surface area contributed by atoms with Gasteiger partial charge in [-0.3, -0.25) is 4.79 Å². The molecular weight excluding hydrogens is 297 g/mol. The largest absolute Gasteiger partial charge is 0.339 e. The number of halogens is 1. The molecule has 3 amide bonds. The molecule has 1 aromatic carbocycles. The molecule has 1 unspecified atom stereocenters. The molecule has 3 fully saturated rings. The van der Waals surface area contributed by atoms with Crippen molar-refractivity contribution in [2.75, 3.05) is 26.2 Å². The fourth-order valence-electron chi connectivity index (χ4n) is 3.51. The summed E-state index contributed by atoms with van der Waals surface area (Å²) in [6.45, 7) is 3.01. The number of amides is 3. The van der Waals surface area contributed by atoms with Gasteiger partial charge in [-0.1, -0.05) is 12.1 Å². The minimum atomic E-state index is -0.270.